The van der Waals surface area contributed by atoms with Gasteiger partial charge >= 0.3 is 0 Å². The zero-order chi connectivity index (χ0) is 22.6. The molecule has 0 saturated carbocycles. The lowest BCUT2D eigenvalue weighted by Gasteiger charge is -2.25. The Kier molecular flexibility index (Phi) is 5.64. The van der Waals surface area contributed by atoms with Crippen molar-refractivity contribution in [2.75, 3.05) is 10.6 Å². The maximum absolute atomic E-state index is 6.10. The van der Waals surface area contributed by atoms with Crippen LogP contribution >= 0.6 is 0 Å². The molecule has 0 aliphatic carbocycles. The van der Waals surface area contributed by atoms with Gasteiger partial charge in [-0.3, -0.25) is 0 Å². The number of nitrogen functional groups attached to an aromatic ring is 1. The van der Waals surface area contributed by atoms with Crippen LogP contribution in [-0.2, 0) is 13.1 Å². The molecular weight excluding hydrogens is 408 g/mol. The minimum atomic E-state index is 0.181. The Balaban J connectivity index is 1.63. The Bertz CT molecular complexity index is 1330. The molecule has 0 bridgehead atoms. The first-order chi connectivity index (χ1) is 16.2. The van der Waals surface area contributed by atoms with E-state index in [1.54, 1.807) is 6.20 Å². The third-order valence-electron chi connectivity index (χ3n) is 5.49. The number of fused-ring (bicyclic) bond motifs is 1. The summed E-state index contributed by atoms with van der Waals surface area (Å²) in [5.41, 5.74) is 12.5. The van der Waals surface area contributed by atoms with E-state index in [4.69, 9.17) is 10.7 Å². The molecule has 0 fully saturated rings. The van der Waals surface area contributed by atoms with Gasteiger partial charge in [-0.15, -0.1) is 0 Å². The lowest BCUT2D eigenvalue weighted by atomic mass is 10.1. The highest BCUT2D eigenvalue weighted by Crippen LogP contribution is 2.28. The molecule has 0 aliphatic rings. The van der Waals surface area contributed by atoms with Gasteiger partial charge in [0.25, 0.3) is 0 Å². The number of rotatable bonds is 6. The number of aryl methyl sites for hydroxylation is 1. The fourth-order valence-corrected chi connectivity index (χ4v) is 3.81. The van der Waals surface area contributed by atoms with Crippen molar-refractivity contribution in [2.45, 2.75) is 20.0 Å². The fraction of sp³-hybridized carbons (Fsp3) is 0.111. The summed E-state index contributed by atoms with van der Waals surface area (Å²) in [7, 11) is 0. The van der Waals surface area contributed by atoms with Crippen molar-refractivity contribution in [3.05, 3.63) is 108 Å². The number of benzene rings is 3. The molecule has 0 spiro atoms. The Labute approximate surface area is 192 Å². The lowest BCUT2D eigenvalue weighted by molar-refractivity contribution is 0.785. The number of hydrogen-bond donors (Lipinski definition) is 1. The Hall–Kier alpha value is -4.32. The zero-order valence-corrected chi connectivity index (χ0v) is 18.4. The number of aromatic nitrogens is 4. The van der Waals surface area contributed by atoms with Crippen molar-refractivity contribution < 1.29 is 0 Å². The predicted octanol–water partition coefficient (Wildman–Crippen LogP) is 5.18. The first-order valence-electron chi connectivity index (χ1n) is 10.9. The summed E-state index contributed by atoms with van der Waals surface area (Å²) in [6.07, 6.45) is 1.74. The molecule has 33 heavy (non-hydrogen) atoms. The van der Waals surface area contributed by atoms with E-state index >= 15 is 0 Å². The van der Waals surface area contributed by atoms with Crippen LogP contribution in [0.4, 0.5) is 11.8 Å². The quantitative estimate of drug-likeness (QED) is 0.398. The number of nitrogens with zero attached hydrogens (tertiary/aromatic N) is 5. The fourth-order valence-electron chi connectivity index (χ4n) is 3.81. The van der Waals surface area contributed by atoms with Crippen LogP contribution in [0, 0.1) is 6.92 Å². The van der Waals surface area contributed by atoms with E-state index in [1.165, 1.54) is 16.7 Å². The summed E-state index contributed by atoms with van der Waals surface area (Å²) in [5.74, 6) is 0.854. The molecule has 0 unspecified atom stereocenters. The van der Waals surface area contributed by atoms with Gasteiger partial charge in [-0.25, -0.2) is 9.97 Å². The molecular formula is C27H24N6. The van der Waals surface area contributed by atoms with E-state index in [-0.39, 0.29) is 5.95 Å². The van der Waals surface area contributed by atoms with Gasteiger partial charge in [0.15, 0.2) is 17.0 Å². The average molecular weight is 433 g/mol. The van der Waals surface area contributed by atoms with Crippen LogP contribution in [0.1, 0.15) is 16.7 Å². The van der Waals surface area contributed by atoms with Crippen molar-refractivity contribution >= 4 is 22.9 Å². The third kappa shape index (κ3) is 4.65. The van der Waals surface area contributed by atoms with E-state index in [2.05, 4.69) is 75.3 Å². The summed E-state index contributed by atoms with van der Waals surface area (Å²) in [4.78, 5) is 20.7. The smallest absolute Gasteiger partial charge is 0.224 e. The molecule has 2 N–H and O–H groups in total. The maximum atomic E-state index is 6.10. The summed E-state index contributed by atoms with van der Waals surface area (Å²) in [6, 6.07) is 28.8. The lowest BCUT2D eigenvalue weighted by Crippen LogP contribution is -2.24. The molecule has 6 heteroatoms. The summed E-state index contributed by atoms with van der Waals surface area (Å²) in [6.45, 7) is 3.37. The van der Waals surface area contributed by atoms with Gasteiger partial charge in [-0.2, -0.15) is 9.97 Å². The normalized spacial score (nSPS) is 10.9. The van der Waals surface area contributed by atoms with Gasteiger partial charge < -0.3 is 10.6 Å². The molecule has 0 amide bonds. The molecule has 5 aromatic rings. The Morgan fingerprint density at radius 1 is 0.727 bits per heavy atom. The van der Waals surface area contributed by atoms with Gasteiger partial charge in [-0.1, -0.05) is 90.5 Å². The Morgan fingerprint density at radius 2 is 1.33 bits per heavy atom. The minimum Gasteiger partial charge on any atom is -0.368 e. The predicted molar refractivity (Wildman–Crippen MR) is 132 cm³/mol. The van der Waals surface area contributed by atoms with Crippen molar-refractivity contribution in [1.29, 1.82) is 0 Å². The molecule has 0 atom stereocenters. The number of nitrogens with two attached hydrogens (primary N) is 1. The SMILES string of the molecule is Cc1ccc(-c2cnc3nc(N)nc(N(Cc4ccccc4)Cc4ccccc4)c3n2)cc1. The van der Waals surface area contributed by atoms with E-state index in [1.807, 2.05) is 36.4 Å². The number of hydrogen-bond acceptors (Lipinski definition) is 6. The van der Waals surface area contributed by atoms with Crippen molar-refractivity contribution in [1.82, 2.24) is 19.9 Å². The summed E-state index contributed by atoms with van der Waals surface area (Å²) in [5, 5.41) is 0. The van der Waals surface area contributed by atoms with Crippen molar-refractivity contribution in [3.63, 3.8) is 0 Å². The van der Waals surface area contributed by atoms with Crippen LogP contribution in [0.25, 0.3) is 22.4 Å². The van der Waals surface area contributed by atoms with Crippen LogP contribution in [-0.4, -0.2) is 19.9 Å². The first kappa shape index (κ1) is 20.6. The van der Waals surface area contributed by atoms with Gasteiger partial charge in [0.2, 0.25) is 5.95 Å². The van der Waals surface area contributed by atoms with E-state index in [0.29, 0.717) is 30.1 Å². The highest BCUT2D eigenvalue weighted by molar-refractivity contribution is 5.85. The third-order valence-corrected chi connectivity index (χ3v) is 5.49. The van der Waals surface area contributed by atoms with Crippen molar-refractivity contribution in [2.24, 2.45) is 0 Å². The molecule has 0 aliphatic heterocycles. The van der Waals surface area contributed by atoms with Crippen LogP contribution in [0.15, 0.2) is 91.1 Å². The minimum absolute atomic E-state index is 0.181. The second kappa shape index (κ2) is 9.04. The van der Waals surface area contributed by atoms with Gasteiger partial charge in [-0.05, 0) is 18.1 Å². The molecule has 162 valence electrons. The topological polar surface area (TPSA) is 80.8 Å². The highest BCUT2D eigenvalue weighted by Gasteiger charge is 2.18. The first-order valence-corrected chi connectivity index (χ1v) is 10.9. The van der Waals surface area contributed by atoms with E-state index in [0.717, 1.165) is 11.3 Å². The molecule has 6 nitrogen and oxygen atoms in total. The summed E-state index contributed by atoms with van der Waals surface area (Å²) < 4.78 is 0. The second-order valence-corrected chi connectivity index (χ2v) is 8.03. The number of anilines is 2. The molecule has 3 aromatic carbocycles. The van der Waals surface area contributed by atoms with Crippen molar-refractivity contribution in [3.8, 4) is 11.3 Å². The summed E-state index contributed by atoms with van der Waals surface area (Å²) >= 11 is 0. The van der Waals surface area contributed by atoms with Gasteiger partial charge in [0.05, 0.1) is 11.9 Å². The zero-order valence-electron chi connectivity index (χ0n) is 18.4. The van der Waals surface area contributed by atoms with E-state index in [9.17, 15) is 0 Å². The molecule has 0 radical (unpaired) electrons. The van der Waals surface area contributed by atoms with Crippen LogP contribution in [0.5, 0.6) is 0 Å². The van der Waals surface area contributed by atoms with Gasteiger partial charge in [0.1, 0.15) is 0 Å². The van der Waals surface area contributed by atoms with E-state index < -0.39 is 0 Å². The molecule has 2 heterocycles. The second-order valence-electron chi connectivity index (χ2n) is 8.03. The van der Waals surface area contributed by atoms with Crippen LogP contribution in [0.3, 0.4) is 0 Å². The maximum Gasteiger partial charge on any atom is 0.224 e. The largest absolute Gasteiger partial charge is 0.368 e. The standard InChI is InChI=1S/C27H24N6/c1-19-12-14-22(15-13-19)23-16-29-25-24(30-23)26(32-27(28)31-25)33(17-20-8-4-2-5-9-20)18-21-10-6-3-7-11-21/h2-16H,17-18H2,1H3,(H2,28,29,31,32). The molecule has 5 rings (SSSR count). The molecule has 2 aromatic heterocycles. The molecule has 0 saturated heterocycles. The average Bonchev–Trinajstić information content (AvgIpc) is 2.85. The Morgan fingerprint density at radius 3 is 1.94 bits per heavy atom. The monoisotopic (exact) mass is 432 g/mol. The highest BCUT2D eigenvalue weighted by atomic mass is 15.2. The van der Waals surface area contributed by atoms with Gasteiger partial charge in [0, 0.05) is 18.7 Å². The van der Waals surface area contributed by atoms with Crippen LogP contribution < -0.4 is 10.6 Å². The van der Waals surface area contributed by atoms with Crippen LogP contribution in [0.2, 0.25) is 0 Å².